The van der Waals surface area contributed by atoms with Crippen LogP contribution in [0.3, 0.4) is 0 Å². The van der Waals surface area contributed by atoms with Crippen molar-refractivity contribution in [1.82, 2.24) is 14.5 Å². The highest BCUT2D eigenvalue weighted by atomic mass is 16.3. The number of anilines is 2. The van der Waals surface area contributed by atoms with Crippen molar-refractivity contribution in [3.8, 4) is 5.69 Å². The van der Waals surface area contributed by atoms with Gasteiger partial charge in [0.15, 0.2) is 12.0 Å². The standard InChI is InChI=1S/C21H14N4O2/c26-20-15-9-4-5-10-16(15)23-21(25(20)14-7-2-1-3-8-14)24-17-11-6-12-18-19(17)22-13-27-18/h1-13H,(H,23,24). The average molecular weight is 354 g/mol. The highest BCUT2D eigenvalue weighted by Gasteiger charge is 2.14. The molecule has 0 aliphatic carbocycles. The second-order valence-electron chi connectivity index (χ2n) is 6.06. The molecule has 1 N–H and O–H groups in total. The zero-order valence-corrected chi connectivity index (χ0v) is 14.2. The number of oxazole rings is 1. The molecule has 0 saturated carbocycles. The molecule has 27 heavy (non-hydrogen) atoms. The molecule has 2 aromatic heterocycles. The molecule has 130 valence electrons. The Morgan fingerprint density at radius 1 is 0.889 bits per heavy atom. The average Bonchev–Trinajstić information content (AvgIpc) is 3.19. The number of fused-ring (bicyclic) bond motifs is 2. The molecular weight excluding hydrogens is 340 g/mol. The lowest BCUT2D eigenvalue weighted by Gasteiger charge is -2.15. The molecule has 0 unspecified atom stereocenters. The molecule has 2 heterocycles. The van der Waals surface area contributed by atoms with Gasteiger partial charge >= 0.3 is 0 Å². The van der Waals surface area contributed by atoms with E-state index in [0.717, 1.165) is 5.69 Å². The fourth-order valence-electron chi connectivity index (χ4n) is 3.14. The minimum Gasteiger partial charge on any atom is -0.443 e. The summed E-state index contributed by atoms with van der Waals surface area (Å²) in [6.07, 6.45) is 1.40. The number of nitrogens with one attached hydrogen (secondary N) is 1. The Balaban J connectivity index is 1.78. The summed E-state index contributed by atoms with van der Waals surface area (Å²) < 4.78 is 6.94. The predicted octanol–water partition coefficient (Wildman–Crippen LogP) is 4.27. The van der Waals surface area contributed by atoms with Crippen LogP contribution in [0.1, 0.15) is 0 Å². The lowest BCUT2D eigenvalue weighted by molar-refractivity contribution is 0.602. The first-order valence-corrected chi connectivity index (χ1v) is 8.48. The number of benzene rings is 3. The van der Waals surface area contributed by atoms with Gasteiger partial charge in [-0.15, -0.1) is 0 Å². The normalized spacial score (nSPS) is 11.1. The Labute approximate surface area is 153 Å². The van der Waals surface area contributed by atoms with E-state index >= 15 is 0 Å². The lowest BCUT2D eigenvalue weighted by atomic mass is 10.2. The van der Waals surface area contributed by atoms with Crippen molar-refractivity contribution >= 4 is 33.6 Å². The molecule has 0 fully saturated rings. The van der Waals surface area contributed by atoms with E-state index in [1.807, 2.05) is 66.7 Å². The molecule has 0 aliphatic heterocycles. The fraction of sp³-hybridized carbons (Fsp3) is 0. The summed E-state index contributed by atoms with van der Waals surface area (Å²) in [6, 6.07) is 22.3. The van der Waals surface area contributed by atoms with E-state index in [-0.39, 0.29) is 5.56 Å². The van der Waals surface area contributed by atoms with E-state index in [1.165, 1.54) is 6.39 Å². The monoisotopic (exact) mass is 354 g/mol. The van der Waals surface area contributed by atoms with Crippen LogP contribution in [0.15, 0.2) is 88.4 Å². The predicted molar refractivity (Wildman–Crippen MR) is 105 cm³/mol. The Morgan fingerprint density at radius 3 is 2.59 bits per heavy atom. The fourth-order valence-corrected chi connectivity index (χ4v) is 3.14. The van der Waals surface area contributed by atoms with Crippen LogP contribution in [0.25, 0.3) is 27.7 Å². The van der Waals surface area contributed by atoms with Crippen LogP contribution in [0.2, 0.25) is 0 Å². The van der Waals surface area contributed by atoms with Gasteiger partial charge in [-0.1, -0.05) is 36.4 Å². The van der Waals surface area contributed by atoms with Crippen molar-refractivity contribution in [2.75, 3.05) is 5.32 Å². The third-order valence-electron chi connectivity index (χ3n) is 4.40. The van der Waals surface area contributed by atoms with Crippen LogP contribution in [0, 0.1) is 0 Å². The van der Waals surface area contributed by atoms with Gasteiger partial charge in [0, 0.05) is 0 Å². The van der Waals surface area contributed by atoms with Gasteiger partial charge in [0.25, 0.3) is 5.56 Å². The van der Waals surface area contributed by atoms with Crippen molar-refractivity contribution in [3.05, 3.63) is 89.5 Å². The Hall–Kier alpha value is -3.93. The minimum atomic E-state index is -0.137. The molecule has 6 nitrogen and oxygen atoms in total. The van der Waals surface area contributed by atoms with Crippen LogP contribution in [-0.2, 0) is 0 Å². The summed E-state index contributed by atoms with van der Waals surface area (Å²) in [5.74, 6) is 0.417. The van der Waals surface area contributed by atoms with Gasteiger partial charge < -0.3 is 9.73 Å². The maximum absolute atomic E-state index is 13.2. The minimum absolute atomic E-state index is 0.137. The van der Waals surface area contributed by atoms with Crippen molar-refractivity contribution in [2.45, 2.75) is 0 Å². The largest absolute Gasteiger partial charge is 0.443 e. The molecule has 0 atom stereocenters. The zero-order valence-electron chi connectivity index (χ0n) is 14.2. The third kappa shape index (κ3) is 2.55. The summed E-state index contributed by atoms with van der Waals surface area (Å²) in [7, 11) is 0. The quantitative estimate of drug-likeness (QED) is 0.524. The molecule has 0 amide bonds. The summed E-state index contributed by atoms with van der Waals surface area (Å²) >= 11 is 0. The van der Waals surface area contributed by atoms with Gasteiger partial charge in [0.1, 0.15) is 5.52 Å². The molecule has 0 aliphatic rings. The van der Waals surface area contributed by atoms with Gasteiger partial charge in [-0.2, -0.15) is 0 Å². The first-order valence-electron chi connectivity index (χ1n) is 8.48. The third-order valence-corrected chi connectivity index (χ3v) is 4.40. The molecule has 0 bridgehead atoms. The van der Waals surface area contributed by atoms with Crippen LogP contribution in [-0.4, -0.2) is 14.5 Å². The number of para-hydroxylation sites is 3. The maximum atomic E-state index is 13.2. The SMILES string of the molecule is O=c1c2ccccc2nc(Nc2cccc3ocnc23)n1-c1ccccc1. The van der Waals surface area contributed by atoms with Gasteiger partial charge in [-0.05, 0) is 36.4 Å². The van der Waals surface area contributed by atoms with Crippen LogP contribution in [0.5, 0.6) is 0 Å². The molecular formula is C21H14N4O2. The Bertz CT molecular complexity index is 1320. The zero-order chi connectivity index (χ0) is 18.2. The van der Waals surface area contributed by atoms with Crippen LogP contribution in [0.4, 0.5) is 11.6 Å². The van der Waals surface area contributed by atoms with Crippen molar-refractivity contribution in [3.63, 3.8) is 0 Å². The molecule has 0 radical (unpaired) electrons. The van der Waals surface area contributed by atoms with Crippen molar-refractivity contribution in [2.24, 2.45) is 0 Å². The van der Waals surface area contributed by atoms with E-state index in [1.54, 1.807) is 10.6 Å². The smallest absolute Gasteiger partial charge is 0.267 e. The molecule has 3 aromatic carbocycles. The van der Waals surface area contributed by atoms with Crippen LogP contribution < -0.4 is 10.9 Å². The molecule has 6 heteroatoms. The highest BCUT2D eigenvalue weighted by molar-refractivity contribution is 5.89. The highest BCUT2D eigenvalue weighted by Crippen LogP contribution is 2.26. The molecule has 5 aromatic rings. The van der Waals surface area contributed by atoms with E-state index in [4.69, 9.17) is 9.40 Å². The van der Waals surface area contributed by atoms with Crippen molar-refractivity contribution in [1.29, 1.82) is 0 Å². The summed E-state index contributed by atoms with van der Waals surface area (Å²) in [5, 5.41) is 3.82. The van der Waals surface area contributed by atoms with Gasteiger partial charge in [0.05, 0.1) is 22.3 Å². The molecule has 5 rings (SSSR count). The van der Waals surface area contributed by atoms with E-state index < -0.39 is 0 Å². The van der Waals surface area contributed by atoms with Crippen molar-refractivity contribution < 1.29 is 4.42 Å². The number of nitrogens with zero attached hydrogens (tertiary/aromatic N) is 3. The Morgan fingerprint density at radius 2 is 1.70 bits per heavy atom. The van der Waals surface area contributed by atoms with Crippen LogP contribution >= 0.6 is 0 Å². The Kier molecular flexibility index (Phi) is 3.47. The molecule has 0 saturated heterocycles. The summed E-state index contributed by atoms with van der Waals surface area (Å²) in [4.78, 5) is 22.2. The topological polar surface area (TPSA) is 73.0 Å². The van der Waals surface area contributed by atoms with Gasteiger partial charge in [-0.3, -0.25) is 4.79 Å². The first-order chi connectivity index (χ1) is 13.3. The van der Waals surface area contributed by atoms with Gasteiger partial charge in [0.2, 0.25) is 5.95 Å². The molecule has 0 spiro atoms. The van der Waals surface area contributed by atoms with E-state index in [9.17, 15) is 4.79 Å². The number of rotatable bonds is 3. The number of hydrogen-bond donors (Lipinski definition) is 1. The van der Waals surface area contributed by atoms with Gasteiger partial charge in [-0.25, -0.2) is 14.5 Å². The first kappa shape index (κ1) is 15.3. The number of hydrogen-bond acceptors (Lipinski definition) is 5. The van der Waals surface area contributed by atoms with E-state index in [0.29, 0.717) is 33.6 Å². The summed E-state index contributed by atoms with van der Waals surface area (Å²) in [5.41, 5.74) is 3.28. The second kappa shape index (κ2) is 6.10. The lowest BCUT2D eigenvalue weighted by Crippen LogP contribution is -2.22. The maximum Gasteiger partial charge on any atom is 0.267 e. The second-order valence-corrected chi connectivity index (χ2v) is 6.06. The van der Waals surface area contributed by atoms with E-state index in [2.05, 4.69) is 10.3 Å². The number of aromatic nitrogens is 3. The summed E-state index contributed by atoms with van der Waals surface area (Å²) in [6.45, 7) is 0.